The first-order valence-electron chi connectivity index (χ1n) is 9.38. The molecule has 1 aromatic carbocycles. The van der Waals surface area contributed by atoms with Gasteiger partial charge in [-0.15, -0.1) is 0 Å². The number of carbonyl (C=O) groups excluding carboxylic acids is 2. The predicted octanol–water partition coefficient (Wildman–Crippen LogP) is -6.80. The van der Waals surface area contributed by atoms with Crippen LogP contribution in [0.25, 0.3) is 0 Å². The van der Waals surface area contributed by atoms with Crippen molar-refractivity contribution < 1.29 is 98.0 Å². The predicted molar refractivity (Wildman–Crippen MR) is 105 cm³/mol. The molecule has 1 fully saturated rings. The van der Waals surface area contributed by atoms with Crippen LogP contribution in [-0.2, 0) is 16.0 Å². The van der Waals surface area contributed by atoms with Crippen LogP contribution in [0.15, 0.2) is 12.1 Å². The molecule has 3 rings (SSSR count). The van der Waals surface area contributed by atoms with Crippen molar-refractivity contribution in [2.24, 2.45) is 0 Å². The SMILES string of the molecule is COCC1CCCN1C(=O)CS[C@H]1Cc2ccc(OC)c(C(=O)[O-])c2O[B-]1(O)O.[Na+].[Na+]. The summed E-state index contributed by atoms with van der Waals surface area (Å²) in [5, 5.41) is 31.6. The van der Waals surface area contributed by atoms with Gasteiger partial charge in [0.05, 0.1) is 42.8 Å². The average molecular weight is 471 g/mol. The molecule has 1 unspecified atom stereocenters. The molecule has 0 aromatic heterocycles. The van der Waals surface area contributed by atoms with Crippen molar-refractivity contribution in [2.45, 2.75) is 30.5 Å². The third-order valence-corrected chi connectivity index (χ3v) is 6.66. The van der Waals surface area contributed by atoms with Crippen molar-refractivity contribution in [1.82, 2.24) is 4.90 Å². The normalized spacial score (nSPS) is 21.2. The molecule has 0 aliphatic carbocycles. The number of benzene rings is 1. The molecule has 160 valence electrons. The van der Waals surface area contributed by atoms with E-state index < -0.39 is 17.9 Å². The molecule has 2 atom stereocenters. The summed E-state index contributed by atoms with van der Waals surface area (Å²) in [4.78, 5) is 25.9. The number of carbonyl (C=O) groups is 2. The quantitative estimate of drug-likeness (QED) is 0.373. The van der Waals surface area contributed by atoms with Gasteiger partial charge in [-0.2, -0.15) is 11.8 Å². The molecule has 2 aliphatic heterocycles. The minimum atomic E-state index is -3.39. The first-order valence-corrected chi connectivity index (χ1v) is 10.4. The molecule has 2 aliphatic rings. The van der Waals surface area contributed by atoms with Gasteiger partial charge in [0.25, 0.3) is 0 Å². The van der Waals surface area contributed by atoms with E-state index >= 15 is 0 Å². The van der Waals surface area contributed by atoms with E-state index in [1.807, 2.05) is 0 Å². The Labute approximate surface area is 229 Å². The van der Waals surface area contributed by atoms with Gasteiger partial charge in [-0.1, -0.05) is 6.07 Å². The van der Waals surface area contributed by atoms with E-state index in [2.05, 4.69) is 0 Å². The summed E-state index contributed by atoms with van der Waals surface area (Å²) in [5.74, 6) is -1.74. The number of hydrogen-bond donors (Lipinski definition) is 2. The minimum Gasteiger partial charge on any atom is -0.669 e. The summed E-state index contributed by atoms with van der Waals surface area (Å²) in [6.45, 7) is -2.27. The van der Waals surface area contributed by atoms with Gasteiger partial charge in [-0.3, -0.25) is 4.79 Å². The molecule has 1 amide bonds. The zero-order valence-electron chi connectivity index (χ0n) is 18.3. The number of aromatic carboxylic acids is 1. The summed E-state index contributed by atoms with van der Waals surface area (Å²) in [7, 11) is 2.89. The zero-order valence-corrected chi connectivity index (χ0v) is 23.1. The van der Waals surface area contributed by atoms with E-state index in [1.54, 1.807) is 18.1 Å². The fraction of sp³-hybridized carbons (Fsp3) is 0.556. The molecule has 0 spiro atoms. The minimum absolute atomic E-state index is 0. The summed E-state index contributed by atoms with van der Waals surface area (Å²) in [5.41, 5.74) is 0.118. The van der Waals surface area contributed by atoms with E-state index in [0.717, 1.165) is 24.6 Å². The Bertz CT molecular complexity index is 800. The second-order valence-corrected chi connectivity index (χ2v) is 8.42. The van der Waals surface area contributed by atoms with E-state index in [4.69, 9.17) is 14.1 Å². The molecular formula is C18H24BNNa2O8S. The Balaban J connectivity index is 0.00000240. The number of likely N-dealkylation sites (tertiary alicyclic amines) is 1. The Morgan fingerprint density at radius 2 is 2.03 bits per heavy atom. The van der Waals surface area contributed by atoms with Gasteiger partial charge < -0.3 is 39.0 Å². The Morgan fingerprint density at radius 3 is 2.65 bits per heavy atom. The number of thioether (sulfide) groups is 1. The first kappa shape index (κ1) is 29.1. The van der Waals surface area contributed by atoms with Crippen LogP contribution >= 0.6 is 11.8 Å². The Kier molecular flexibility index (Phi) is 11.7. The van der Waals surface area contributed by atoms with Gasteiger partial charge in [0.1, 0.15) is 5.75 Å². The van der Waals surface area contributed by atoms with Gasteiger partial charge in [0, 0.05) is 13.7 Å². The van der Waals surface area contributed by atoms with E-state index in [0.29, 0.717) is 18.7 Å². The molecule has 13 heteroatoms. The number of nitrogens with zero attached hydrogens (tertiary/aromatic N) is 1. The van der Waals surface area contributed by atoms with Gasteiger partial charge in [0.2, 0.25) is 5.91 Å². The third kappa shape index (κ3) is 6.56. The number of methoxy groups -OCH3 is 2. The standard InChI is InChI=1S/C18H25BNO8S.2Na/c1-26-9-12-4-3-7-20(12)15(21)10-29-14-8-11-5-6-13(27-2)16(18(22)23)17(11)28-19(14,24)25;;/h5-6,12,14,24-25H,3-4,7-10H2,1-2H3,(H,22,23);;/q-1;2*+1/p-1/t12?,14-;;/m0../s1. The van der Waals surface area contributed by atoms with E-state index in [-0.39, 0.29) is 100 Å². The maximum absolute atomic E-state index is 12.6. The van der Waals surface area contributed by atoms with Crippen molar-refractivity contribution in [3.8, 4) is 11.5 Å². The van der Waals surface area contributed by atoms with Crippen LogP contribution < -0.4 is 73.6 Å². The summed E-state index contributed by atoms with van der Waals surface area (Å²) in [6.07, 6.45) is 1.92. The Hall–Kier alpha value is 0.0549. The topological polar surface area (TPSA) is 129 Å². The van der Waals surface area contributed by atoms with Crippen LogP contribution in [0.5, 0.6) is 11.5 Å². The fourth-order valence-electron chi connectivity index (χ4n) is 3.86. The molecule has 2 N–H and O–H groups in total. The molecule has 31 heavy (non-hydrogen) atoms. The van der Waals surface area contributed by atoms with Crippen molar-refractivity contribution in [1.29, 1.82) is 0 Å². The van der Waals surface area contributed by atoms with Crippen molar-refractivity contribution in [3.63, 3.8) is 0 Å². The fourth-order valence-corrected chi connectivity index (χ4v) is 4.99. The molecule has 0 radical (unpaired) electrons. The number of carboxylic acids is 1. The Morgan fingerprint density at radius 1 is 1.32 bits per heavy atom. The molecular weight excluding hydrogens is 447 g/mol. The number of rotatable bonds is 7. The van der Waals surface area contributed by atoms with Gasteiger partial charge in [-0.25, -0.2) is 0 Å². The van der Waals surface area contributed by atoms with Crippen LogP contribution in [0.3, 0.4) is 0 Å². The van der Waals surface area contributed by atoms with E-state index in [1.165, 1.54) is 13.2 Å². The van der Waals surface area contributed by atoms with Crippen molar-refractivity contribution >= 4 is 30.4 Å². The van der Waals surface area contributed by atoms with Gasteiger partial charge in [0.15, 0.2) is 0 Å². The smallest absolute Gasteiger partial charge is 0.669 e. The molecule has 1 aromatic rings. The number of amides is 1. The summed E-state index contributed by atoms with van der Waals surface area (Å²) < 4.78 is 15.5. The largest absolute Gasteiger partial charge is 1.00 e. The average Bonchev–Trinajstić information content (AvgIpc) is 3.13. The van der Waals surface area contributed by atoms with Crippen LogP contribution in [0.4, 0.5) is 0 Å². The molecule has 0 bridgehead atoms. The number of fused-ring (bicyclic) bond motifs is 1. The van der Waals surface area contributed by atoms with Crippen molar-refractivity contribution in [3.05, 3.63) is 23.3 Å². The maximum Gasteiger partial charge on any atom is 1.00 e. The number of ether oxygens (including phenoxy) is 2. The monoisotopic (exact) mass is 471 g/mol. The van der Waals surface area contributed by atoms with Gasteiger partial charge in [-0.05, 0) is 36.0 Å². The summed E-state index contributed by atoms with van der Waals surface area (Å²) in [6, 6.07) is 3.11. The van der Waals surface area contributed by atoms with E-state index in [9.17, 15) is 24.7 Å². The van der Waals surface area contributed by atoms with Crippen molar-refractivity contribution in [2.75, 3.05) is 33.1 Å². The van der Waals surface area contributed by atoms with Crippen LogP contribution in [0.2, 0.25) is 0 Å². The molecule has 1 saturated heterocycles. The van der Waals surface area contributed by atoms with Crippen LogP contribution in [0.1, 0.15) is 28.8 Å². The maximum atomic E-state index is 12.6. The summed E-state index contributed by atoms with van der Waals surface area (Å²) >= 11 is 1.08. The van der Waals surface area contributed by atoms with Gasteiger partial charge >= 0.3 is 65.9 Å². The first-order chi connectivity index (χ1) is 13.8. The number of carboxylic acid groups (broad SMARTS) is 1. The van der Waals surface area contributed by atoms with Crippen LogP contribution in [0, 0.1) is 0 Å². The number of hydrogen-bond acceptors (Lipinski definition) is 9. The second-order valence-electron chi connectivity index (χ2n) is 7.19. The molecule has 9 nitrogen and oxygen atoms in total. The van der Waals surface area contributed by atoms with Crippen LogP contribution in [-0.4, -0.2) is 77.9 Å². The zero-order chi connectivity index (χ0) is 21.2. The third-order valence-electron chi connectivity index (χ3n) is 5.30. The molecule has 0 saturated carbocycles. The molecule has 2 heterocycles. The second kappa shape index (κ2) is 12.5.